The van der Waals surface area contributed by atoms with E-state index in [1.807, 2.05) is 12.1 Å². The second kappa shape index (κ2) is 4.11. The minimum atomic E-state index is -0.0978. The number of nitrogens with one attached hydrogen (secondary N) is 1. The van der Waals surface area contributed by atoms with Gasteiger partial charge < -0.3 is 5.32 Å². The average molecular weight is 197 g/mol. The van der Waals surface area contributed by atoms with Crippen molar-refractivity contribution in [1.82, 2.24) is 5.32 Å². The van der Waals surface area contributed by atoms with Crippen LogP contribution in [0.1, 0.15) is 6.42 Å². The Morgan fingerprint density at radius 1 is 1.38 bits per heavy atom. The standard InChI is InChI=1S/C10H12FNS/c11-9-3-1-2-4-10(9)13-8-5-6-12-7-8/h1-4,8,12H,5-7H2. The zero-order valence-electron chi connectivity index (χ0n) is 7.29. The molecule has 1 unspecified atom stereocenters. The largest absolute Gasteiger partial charge is 0.316 e. The lowest BCUT2D eigenvalue weighted by Gasteiger charge is -2.07. The molecule has 0 spiro atoms. The Bertz CT molecular complexity index is 284. The molecule has 0 aromatic heterocycles. The molecular formula is C10H12FNS. The molecule has 2 rings (SSSR count). The van der Waals surface area contributed by atoms with Gasteiger partial charge in [-0.2, -0.15) is 0 Å². The maximum absolute atomic E-state index is 13.2. The molecule has 3 heteroatoms. The fourth-order valence-electron chi connectivity index (χ4n) is 1.45. The van der Waals surface area contributed by atoms with Crippen molar-refractivity contribution in [3.05, 3.63) is 30.1 Å². The zero-order valence-corrected chi connectivity index (χ0v) is 8.11. The minimum absolute atomic E-state index is 0.0978. The Morgan fingerprint density at radius 3 is 2.92 bits per heavy atom. The lowest BCUT2D eigenvalue weighted by Crippen LogP contribution is -2.10. The van der Waals surface area contributed by atoms with Crippen LogP contribution in [0.2, 0.25) is 0 Å². The monoisotopic (exact) mass is 197 g/mol. The first-order valence-electron chi connectivity index (χ1n) is 4.48. The van der Waals surface area contributed by atoms with Crippen LogP contribution in [0.5, 0.6) is 0 Å². The van der Waals surface area contributed by atoms with Crippen molar-refractivity contribution < 1.29 is 4.39 Å². The maximum Gasteiger partial charge on any atom is 0.136 e. The van der Waals surface area contributed by atoms with E-state index in [9.17, 15) is 4.39 Å². The van der Waals surface area contributed by atoms with Gasteiger partial charge in [-0.25, -0.2) is 4.39 Å². The second-order valence-corrected chi connectivity index (χ2v) is 4.51. The zero-order chi connectivity index (χ0) is 9.10. The molecule has 13 heavy (non-hydrogen) atoms. The third-order valence-corrected chi connectivity index (χ3v) is 3.47. The number of benzene rings is 1. The summed E-state index contributed by atoms with van der Waals surface area (Å²) in [6.45, 7) is 2.06. The van der Waals surface area contributed by atoms with Gasteiger partial charge in [-0.15, -0.1) is 11.8 Å². The highest BCUT2D eigenvalue weighted by Gasteiger charge is 2.16. The molecular weight excluding hydrogens is 185 g/mol. The van der Waals surface area contributed by atoms with Gasteiger partial charge >= 0.3 is 0 Å². The number of hydrogen-bond acceptors (Lipinski definition) is 2. The molecule has 1 nitrogen and oxygen atoms in total. The van der Waals surface area contributed by atoms with Crippen LogP contribution in [0.15, 0.2) is 29.2 Å². The molecule has 0 aliphatic carbocycles. The normalized spacial score (nSPS) is 22.1. The Kier molecular flexibility index (Phi) is 2.86. The van der Waals surface area contributed by atoms with E-state index in [4.69, 9.17) is 0 Å². The molecule has 1 fully saturated rings. The minimum Gasteiger partial charge on any atom is -0.316 e. The molecule has 0 bridgehead atoms. The van der Waals surface area contributed by atoms with Gasteiger partial charge in [0.2, 0.25) is 0 Å². The fourth-order valence-corrected chi connectivity index (χ4v) is 2.58. The first-order chi connectivity index (χ1) is 6.36. The van der Waals surface area contributed by atoms with Crippen LogP contribution < -0.4 is 5.32 Å². The third kappa shape index (κ3) is 2.23. The van der Waals surface area contributed by atoms with E-state index >= 15 is 0 Å². The van der Waals surface area contributed by atoms with Crippen LogP contribution in [0.3, 0.4) is 0 Å². The van der Waals surface area contributed by atoms with Crippen molar-refractivity contribution in [3.63, 3.8) is 0 Å². The molecule has 1 heterocycles. The molecule has 1 atom stereocenters. The van der Waals surface area contributed by atoms with Crippen LogP contribution in [0.4, 0.5) is 4.39 Å². The van der Waals surface area contributed by atoms with Gasteiger partial charge in [0.15, 0.2) is 0 Å². The van der Waals surface area contributed by atoms with Gasteiger partial charge in [0.1, 0.15) is 5.82 Å². The third-order valence-electron chi connectivity index (χ3n) is 2.15. The van der Waals surface area contributed by atoms with Crippen molar-refractivity contribution >= 4 is 11.8 Å². The number of hydrogen-bond donors (Lipinski definition) is 1. The van der Waals surface area contributed by atoms with Crippen LogP contribution in [0.25, 0.3) is 0 Å². The summed E-state index contributed by atoms with van der Waals surface area (Å²) in [5.74, 6) is -0.0978. The van der Waals surface area contributed by atoms with E-state index in [0.717, 1.165) is 24.4 Å². The molecule has 0 saturated carbocycles. The smallest absolute Gasteiger partial charge is 0.136 e. The highest BCUT2D eigenvalue weighted by Crippen LogP contribution is 2.28. The van der Waals surface area contributed by atoms with Gasteiger partial charge in [-0.05, 0) is 25.1 Å². The molecule has 1 aromatic carbocycles. The lowest BCUT2D eigenvalue weighted by molar-refractivity contribution is 0.601. The van der Waals surface area contributed by atoms with E-state index in [-0.39, 0.29) is 5.82 Å². The summed E-state index contributed by atoms with van der Waals surface area (Å²) in [6, 6.07) is 6.98. The van der Waals surface area contributed by atoms with Gasteiger partial charge in [0, 0.05) is 16.7 Å². The Morgan fingerprint density at radius 2 is 2.23 bits per heavy atom. The summed E-state index contributed by atoms with van der Waals surface area (Å²) in [6.07, 6.45) is 1.14. The average Bonchev–Trinajstić information content (AvgIpc) is 2.61. The van der Waals surface area contributed by atoms with Crippen LogP contribution in [0, 0.1) is 5.82 Å². The summed E-state index contributed by atoms with van der Waals surface area (Å²) in [4.78, 5) is 0.774. The van der Waals surface area contributed by atoms with E-state index in [2.05, 4.69) is 5.32 Å². The molecule has 0 amide bonds. The van der Waals surface area contributed by atoms with Gasteiger partial charge in [0.05, 0.1) is 0 Å². The lowest BCUT2D eigenvalue weighted by atomic mass is 10.3. The topological polar surface area (TPSA) is 12.0 Å². The molecule has 1 aliphatic heterocycles. The maximum atomic E-state index is 13.2. The fraction of sp³-hybridized carbons (Fsp3) is 0.400. The summed E-state index contributed by atoms with van der Waals surface area (Å²) in [5.41, 5.74) is 0. The predicted molar refractivity (Wildman–Crippen MR) is 53.5 cm³/mol. The van der Waals surface area contributed by atoms with E-state index in [1.165, 1.54) is 6.07 Å². The number of rotatable bonds is 2. The number of halogens is 1. The summed E-state index contributed by atoms with van der Waals surface area (Å²) in [5, 5.41) is 3.81. The second-order valence-electron chi connectivity index (χ2n) is 3.16. The Labute approximate surface area is 81.7 Å². The van der Waals surface area contributed by atoms with Crippen LogP contribution in [-0.4, -0.2) is 18.3 Å². The van der Waals surface area contributed by atoms with Crippen molar-refractivity contribution in [2.75, 3.05) is 13.1 Å². The SMILES string of the molecule is Fc1ccccc1SC1CCNC1. The number of thioether (sulfide) groups is 1. The van der Waals surface area contributed by atoms with Gasteiger partial charge in [-0.1, -0.05) is 12.1 Å². The highest BCUT2D eigenvalue weighted by molar-refractivity contribution is 8.00. The van der Waals surface area contributed by atoms with E-state index in [0.29, 0.717) is 5.25 Å². The predicted octanol–water partition coefficient (Wildman–Crippen LogP) is 2.28. The molecule has 1 aliphatic rings. The van der Waals surface area contributed by atoms with E-state index < -0.39 is 0 Å². The van der Waals surface area contributed by atoms with Crippen LogP contribution >= 0.6 is 11.8 Å². The molecule has 0 radical (unpaired) electrons. The van der Waals surface area contributed by atoms with Crippen LogP contribution in [-0.2, 0) is 0 Å². The molecule has 1 N–H and O–H groups in total. The summed E-state index contributed by atoms with van der Waals surface area (Å²) in [7, 11) is 0. The van der Waals surface area contributed by atoms with E-state index in [1.54, 1.807) is 17.8 Å². The molecule has 1 saturated heterocycles. The first-order valence-corrected chi connectivity index (χ1v) is 5.36. The Hall–Kier alpha value is -0.540. The van der Waals surface area contributed by atoms with Crippen molar-refractivity contribution in [2.24, 2.45) is 0 Å². The highest BCUT2D eigenvalue weighted by atomic mass is 32.2. The van der Waals surface area contributed by atoms with Gasteiger partial charge in [0.25, 0.3) is 0 Å². The summed E-state index contributed by atoms with van der Waals surface area (Å²) >= 11 is 1.64. The van der Waals surface area contributed by atoms with Crippen molar-refractivity contribution in [2.45, 2.75) is 16.6 Å². The summed E-state index contributed by atoms with van der Waals surface area (Å²) < 4.78 is 13.2. The van der Waals surface area contributed by atoms with Gasteiger partial charge in [-0.3, -0.25) is 0 Å². The van der Waals surface area contributed by atoms with Crippen molar-refractivity contribution in [1.29, 1.82) is 0 Å². The molecule has 70 valence electrons. The van der Waals surface area contributed by atoms with Crippen molar-refractivity contribution in [3.8, 4) is 0 Å². The molecule has 1 aromatic rings. The first kappa shape index (κ1) is 9.03. The Balaban J connectivity index is 2.04. The quantitative estimate of drug-likeness (QED) is 0.780.